The van der Waals surface area contributed by atoms with Gasteiger partial charge in [0, 0.05) is 0 Å². The molecule has 1 aliphatic carbocycles. The Labute approximate surface area is 116 Å². The van der Waals surface area contributed by atoms with Crippen LogP contribution in [0.2, 0.25) is 0 Å². The molecule has 0 aliphatic heterocycles. The summed E-state index contributed by atoms with van der Waals surface area (Å²) >= 11 is 0. The van der Waals surface area contributed by atoms with Crippen LogP contribution in [0.3, 0.4) is 0 Å². The molecule has 2 rings (SSSR count). The molecule has 2 N–H and O–H groups in total. The summed E-state index contributed by atoms with van der Waals surface area (Å²) < 4.78 is 24.6. The molecule has 1 aromatic carbocycles. The van der Waals surface area contributed by atoms with Crippen molar-refractivity contribution in [1.82, 2.24) is 0 Å². The van der Waals surface area contributed by atoms with Crippen molar-refractivity contribution < 1.29 is 8.42 Å². The standard InChI is InChI=1S/C15H23NO2S/c1-12-7-13(2)9-14(8-12)10-19(17,18)11-15(3-4-15)5-6-16/h7-9H,3-6,10-11,16H2,1-2H3. The van der Waals surface area contributed by atoms with E-state index in [0.717, 1.165) is 36.0 Å². The van der Waals surface area contributed by atoms with E-state index in [9.17, 15) is 8.42 Å². The van der Waals surface area contributed by atoms with E-state index in [1.54, 1.807) is 0 Å². The van der Waals surface area contributed by atoms with Gasteiger partial charge in [-0.25, -0.2) is 8.42 Å². The van der Waals surface area contributed by atoms with Crippen LogP contribution in [0.4, 0.5) is 0 Å². The third kappa shape index (κ3) is 4.05. The van der Waals surface area contributed by atoms with Gasteiger partial charge >= 0.3 is 0 Å². The van der Waals surface area contributed by atoms with Gasteiger partial charge in [0.15, 0.2) is 9.84 Å². The van der Waals surface area contributed by atoms with Crippen LogP contribution in [-0.2, 0) is 15.6 Å². The van der Waals surface area contributed by atoms with Crippen molar-refractivity contribution in [2.75, 3.05) is 12.3 Å². The molecule has 0 aromatic heterocycles. The molecule has 0 amide bonds. The molecule has 19 heavy (non-hydrogen) atoms. The number of sulfone groups is 1. The molecule has 1 fully saturated rings. The summed E-state index contributed by atoms with van der Waals surface area (Å²) in [6.07, 6.45) is 2.85. The lowest BCUT2D eigenvalue weighted by Crippen LogP contribution is -2.21. The number of nitrogens with two attached hydrogens (primary N) is 1. The third-order valence-corrected chi connectivity index (χ3v) is 5.65. The normalized spacial score (nSPS) is 17.4. The SMILES string of the molecule is Cc1cc(C)cc(CS(=O)(=O)CC2(CCN)CC2)c1. The quantitative estimate of drug-likeness (QED) is 0.870. The van der Waals surface area contributed by atoms with Crippen molar-refractivity contribution in [2.24, 2.45) is 11.1 Å². The molecule has 0 bridgehead atoms. The van der Waals surface area contributed by atoms with Crippen LogP contribution in [0, 0.1) is 19.3 Å². The minimum Gasteiger partial charge on any atom is -0.330 e. The highest BCUT2D eigenvalue weighted by Crippen LogP contribution is 2.49. The van der Waals surface area contributed by atoms with E-state index in [1.807, 2.05) is 26.0 Å². The monoisotopic (exact) mass is 281 g/mol. The molecular weight excluding hydrogens is 258 g/mol. The van der Waals surface area contributed by atoms with Crippen molar-refractivity contribution in [2.45, 2.75) is 38.9 Å². The van der Waals surface area contributed by atoms with Gasteiger partial charge < -0.3 is 5.73 Å². The average molecular weight is 281 g/mol. The fourth-order valence-corrected chi connectivity index (χ4v) is 5.02. The van der Waals surface area contributed by atoms with Crippen LogP contribution < -0.4 is 5.73 Å². The number of hydrogen-bond donors (Lipinski definition) is 1. The highest BCUT2D eigenvalue weighted by Gasteiger charge is 2.45. The van der Waals surface area contributed by atoms with E-state index in [0.29, 0.717) is 12.3 Å². The lowest BCUT2D eigenvalue weighted by molar-refractivity contribution is 0.510. The van der Waals surface area contributed by atoms with Crippen LogP contribution in [0.1, 0.15) is 36.0 Å². The second kappa shape index (κ2) is 5.25. The lowest BCUT2D eigenvalue weighted by Gasteiger charge is -2.14. The van der Waals surface area contributed by atoms with Crippen LogP contribution in [0.5, 0.6) is 0 Å². The average Bonchev–Trinajstić information content (AvgIpc) is 2.94. The smallest absolute Gasteiger partial charge is 0.154 e. The number of benzene rings is 1. The Hall–Kier alpha value is -0.870. The van der Waals surface area contributed by atoms with Crippen molar-refractivity contribution in [3.8, 4) is 0 Å². The van der Waals surface area contributed by atoms with Crippen molar-refractivity contribution in [3.63, 3.8) is 0 Å². The second-order valence-electron chi connectivity index (χ2n) is 6.07. The van der Waals surface area contributed by atoms with Crippen LogP contribution in [0.25, 0.3) is 0 Å². The first-order chi connectivity index (χ1) is 8.84. The zero-order chi connectivity index (χ0) is 14.1. The molecule has 106 valence electrons. The molecule has 1 aliphatic rings. The van der Waals surface area contributed by atoms with Gasteiger partial charge in [0.2, 0.25) is 0 Å². The Morgan fingerprint density at radius 1 is 1.16 bits per heavy atom. The van der Waals surface area contributed by atoms with Gasteiger partial charge in [0.05, 0.1) is 11.5 Å². The van der Waals surface area contributed by atoms with Gasteiger partial charge in [-0.3, -0.25) is 0 Å². The van der Waals surface area contributed by atoms with Crippen LogP contribution >= 0.6 is 0 Å². The first-order valence-electron chi connectivity index (χ1n) is 6.82. The van der Waals surface area contributed by atoms with E-state index in [1.165, 1.54) is 0 Å². The zero-order valence-corrected chi connectivity index (χ0v) is 12.6. The lowest BCUT2D eigenvalue weighted by atomic mass is 10.1. The minimum atomic E-state index is -3.04. The van der Waals surface area contributed by atoms with E-state index >= 15 is 0 Å². The maximum Gasteiger partial charge on any atom is 0.154 e. The zero-order valence-electron chi connectivity index (χ0n) is 11.8. The Morgan fingerprint density at radius 2 is 1.74 bits per heavy atom. The number of aryl methyl sites for hydroxylation is 2. The number of hydrogen-bond acceptors (Lipinski definition) is 3. The predicted octanol–water partition coefficient (Wildman–Crippen LogP) is 2.35. The molecule has 0 unspecified atom stereocenters. The fraction of sp³-hybridized carbons (Fsp3) is 0.600. The summed E-state index contributed by atoms with van der Waals surface area (Å²) in [6, 6.07) is 5.99. The third-order valence-electron chi connectivity index (χ3n) is 3.83. The summed E-state index contributed by atoms with van der Waals surface area (Å²) in [5.41, 5.74) is 8.70. The fourth-order valence-electron chi connectivity index (χ4n) is 2.87. The summed E-state index contributed by atoms with van der Waals surface area (Å²) in [5.74, 6) is 0.450. The molecule has 3 nitrogen and oxygen atoms in total. The second-order valence-corrected chi connectivity index (χ2v) is 8.13. The summed E-state index contributed by atoms with van der Waals surface area (Å²) in [7, 11) is -3.04. The molecule has 0 spiro atoms. The molecule has 0 atom stereocenters. The topological polar surface area (TPSA) is 60.2 Å². The molecule has 0 radical (unpaired) electrons. The Bertz CT molecular complexity index is 539. The highest BCUT2D eigenvalue weighted by atomic mass is 32.2. The largest absolute Gasteiger partial charge is 0.330 e. The molecule has 1 saturated carbocycles. The van der Waals surface area contributed by atoms with E-state index in [4.69, 9.17) is 5.73 Å². The van der Waals surface area contributed by atoms with Gasteiger partial charge in [0.1, 0.15) is 0 Å². The maximum atomic E-state index is 12.3. The van der Waals surface area contributed by atoms with Crippen molar-refractivity contribution in [1.29, 1.82) is 0 Å². The van der Waals surface area contributed by atoms with Crippen LogP contribution in [0.15, 0.2) is 18.2 Å². The minimum absolute atomic E-state index is 0.00749. The molecule has 4 heteroatoms. The van der Waals surface area contributed by atoms with Crippen LogP contribution in [-0.4, -0.2) is 20.7 Å². The van der Waals surface area contributed by atoms with Gasteiger partial charge in [-0.15, -0.1) is 0 Å². The predicted molar refractivity (Wildman–Crippen MR) is 78.7 cm³/mol. The van der Waals surface area contributed by atoms with Gasteiger partial charge in [-0.05, 0) is 50.6 Å². The molecule has 0 saturated heterocycles. The first kappa shape index (κ1) is 14.5. The Morgan fingerprint density at radius 3 is 2.21 bits per heavy atom. The van der Waals surface area contributed by atoms with Gasteiger partial charge in [0.25, 0.3) is 0 Å². The maximum absolute atomic E-state index is 12.3. The van der Waals surface area contributed by atoms with Gasteiger partial charge in [-0.1, -0.05) is 29.3 Å². The summed E-state index contributed by atoms with van der Waals surface area (Å²) in [4.78, 5) is 0. The Balaban J connectivity index is 2.09. The van der Waals surface area contributed by atoms with Gasteiger partial charge in [-0.2, -0.15) is 0 Å². The summed E-state index contributed by atoms with van der Waals surface area (Å²) in [5, 5.41) is 0. The van der Waals surface area contributed by atoms with Crippen molar-refractivity contribution >= 4 is 9.84 Å². The molecule has 1 aromatic rings. The molecule has 0 heterocycles. The highest BCUT2D eigenvalue weighted by molar-refractivity contribution is 7.90. The van der Waals surface area contributed by atoms with Crippen molar-refractivity contribution in [3.05, 3.63) is 34.9 Å². The van der Waals surface area contributed by atoms with E-state index in [2.05, 4.69) is 6.07 Å². The molecular formula is C15H23NO2S. The summed E-state index contributed by atoms with van der Waals surface area (Å²) in [6.45, 7) is 4.58. The first-order valence-corrected chi connectivity index (χ1v) is 8.64. The van der Waals surface area contributed by atoms with E-state index in [-0.39, 0.29) is 11.2 Å². The van der Waals surface area contributed by atoms with E-state index < -0.39 is 9.84 Å². The number of rotatable bonds is 6. The Kier molecular flexibility index (Phi) is 4.02.